The number of rotatable bonds is 5. The largest absolute Gasteiger partial charge is 0.493 e. The van der Waals surface area contributed by atoms with E-state index in [2.05, 4.69) is 0 Å². The number of benzene rings is 1. The third-order valence-corrected chi connectivity index (χ3v) is 4.04. The van der Waals surface area contributed by atoms with Gasteiger partial charge in [-0.1, -0.05) is 6.07 Å². The maximum Gasteiger partial charge on any atom is 0.225 e. The van der Waals surface area contributed by atoms with Crippen molar-refractivity contribution in [2.24, 2.45) is 0 Å². The third-order valence-electron chi connectivity index (χ3n) is 4.04. The minimum absolute atomic E-state index is 0.116. The molecule has 0 saturated carbocycles. The van der Waals surface area contributed by atoms with Crippen molar-refractivity contribution < 1.29 is 19.0 Å². The van der Waals surface area contributed by atoms with E-state index in [9.17, 15) is 4.79 Å². The maximum atomic E-state index is 12.5. The molecule has 1 unspecified atom stereocenters. The lowest BCUT2D eigenvalue weighted by Gasteiger charge is -2.32. The zero-order chi connectivity index (χ0) is 16.3. The van der Waals surface area contributed by atoms with E-state index in [1.54, 1.807) is 14.2 Å². The highest BCUT2D eigenvalue weighted by atomic mass is 16.5. The van der Waals surface area contributed by atoms with Gasteiger partial charge >= 0.3 is 0 Å². The highest BCUT2D eigenvalue weighted by molar-refractivity contribution is 5.77. The molecule has 1 fully saturated rings. The zero-order valence-electron chi connectivity index (χ0n) is 14.0. The molecule has 1 amide bonds. The fraction of sp³-hybridized carbons (Fsp3) is 0.588. The molecule has 1 aliphatic rings. The molecule has 0 bridgehead atoms. The number of ether oxygens (including phenoxy) is 3. The second-order valence-corrected chi connectivity index (χ2v) is 6.18. The summed E-state index contributed by atoms with van der Waals surface area (Å²) in [5.41, 5.74) is 0.810. The highest BCUT2D eigenvalue weighted by Gasteiger charge is 2.40. The van der Waals surface area contributed by atoms with Crippen LogP contribution in [0.2, 0.25) is 0 Å². The summed E-state index contributed by atoms with van der Waals surface area (Å²) >= 11 is 0. The van der Waals surface area contributed by atoms with Crippen LogP contribution in [0.5, 0.6) is 11.5 Å². The van der Waals surface area contributed by atoms with Crippen LogP contribution in [0.25, 0.3) is 0 Å². The number of amides is 1. The number of carbonyl (C=O) groups excluding carboxylic acids is 1. The van der Waals surface area contributed by atoms with Gasteiger partial charge in [0.05, 0.1) is 26.4 Å². The molecule has 1 aromatic rings. The number of methoxy groups -OCH3 is 2. The molecule has 2 rings (SSSR count). The number of carbonyl (C=O) groups is 1. The van der Waals surface area contributed by atoms with Gasteiger partial charge in [-0.05, 0) is 44.9 Å². The average molecular weight is 307 g/mol. The van der Waals surface area contributed by atoms with Crippen LogP contribution in [0.4, 0.5) is 0 Å². The standard InChI is InChI=1S/C17H25NO4/c1-12-18(17(2,3)11-22-12)16(19)9-7-13-6-8-14(20-4)15(10-13)21-5/h6,8,10,12H,7,9,11H2,1-5H3. The first-order valence-corrected chi connectivity index (χ1v) is 7.53. The Bertz CT molecular complexity index is 541. The summed E-state index contributed by atoms with van der Waals surface area (Å²) in [6.07, 6.45) is 0.957. The van der Waals surface area contributed by atoms with Crippen molar-refractivity contribution in [3.8, 4) is 11.5 Å². The summed E-state index contributed by atoms with van der Waals surface area (Å²) in [7, 11) is 3.22. The number of hydrogen-bond acceptors (Lipinski definition) is 4. The van der Waals surface area contributed by atoms with E-state index in [4.69, 9.17) is 14.2 Å². The Labute approximate surface area is 132 Å². The molecule has 1 saturated heterocycles. The number of hydrogen-bond donors (Lipinski definition) is 0. The molecule has 22 heavy (non-hydrogen) atoms. The summed E-state index contributed by atoms with van der Waals surface area (Å²) in [6.45, 7) is 6.56. The zero-order valence-corrected chi connectivity index (χ0v) is 14.0. The van der Waals surface area contributed by atoms with Gasteiger partial charge in [0.1, 0.15) is 6.23 Å². The van der Waals surface area contributed by atoms with Crippen molar-refractivity contribution in [3.63, 3.8) is 0 Å². The summed E-state index contributed by atoms with van der Waals surface area (Å²) in [6, 6.07) is 5.75. The average Bonchev–Trinajstić information content (AvgIpc) is 2.77. The molecule has 1 aromatic carbocycles. The van der Waals surface area contributed by atoms with Crippen molar-refractivity contribution in [3.05, 3.63) is 23.8 Å². The first-order valence-electron chi connectivity index (χ1n) is 7.53. The van der Waals surface area contributed by atoms with E-state index in [0.717, 1.165) is 5.56 Å². The van der Waals surface area contributed by atoms with Gasteiger partial charge in [-0.3, -0.25) is 4.79 Å². The Hall–Kier alpha value is -1.75. The lowest BCUT2D eigenvalue weighted by Crippen LogP contribution is -2.47. The van der Waals surface area contributed by atoms with Gasteiger partial charge in [0.2, 0.25) is 5.91 Å². The van der Waals surface area contributed by atoms with Crippen molar-refractivity contribution in [1.29, 1.82) is 0 Å². The Morgan fingerprint density at radius 3 is 2.55 bits per heavy atom. The fourth-order valence-electron chi connectivity index (χ4n) is 2.91. The molecule has 0 aromatic heterocycles. The normalized spacial score (nSPS) is 20.0. The molecular weight excluding hydrogens is 282 g/mol. The van der Waals surface area contributed by atoms with E-state index in [-0.39, 0.29) is 17.7 Å². The van der Waals surface area contributed by atoms with Gasteiger partial charge < -0.3 is 19.1 Å². The van der Waals surface area contributed by atoms with Gasteiger partial charge in [-0.25, -0.2) is 0 Å². The number of nitrogens with zero attached hydrogens (tertiary/aromatic N) is 1. The van der Waals surface area contributed by atoms with Gasteiger partial charge in [0.15, 0.2) is 11.5 Å². The molecule has 1 heterocycles. The summed E-state index contributed by atoms with van der Waals surface area (Å²) in [5.74, 6) is 1.50. The minimum atomic E-state index is -0.242. The smallest absolute Gasteiger partial charge is 0.225 e. The summed E-state index contributed by atoms with van der Waals surface area (Å²) < 4.78 is 16.1. The topological polar surface area (TPSA) is 48.0 Å². The molecular formula is C17H25NO4. The molecule has 0 spiro atoms. The first kappa shape index (κ1) is 16.6. The highest BCUT2D eigenvalue weighted by Crippen LogP contribution is 2.30. The molecule has 5 nitrogen and oxygen atoms in total. The van der Waals surface area contributed by atoms with Crippen molar-refractivity contribution in [2.45, 2.75) is 45.4 Å². The summed E-state index contributed by atoms with van der Waals surface area (Å²) in [5, 5.41) is 0. The van der Waals surface area contributed by atoms with Crippen LogP contribution in [0.15, 0.2) is 18.2 Å². The van der Waals surface area contributed by atoms with Crippen LogP contribution < -0.4 is 9.47 Å². The van der Waals surface area contributed by atoms with Crippen LogP contribution >= 0.6 is 0 Å². The lowest BCUT2D eigenvalue weighted by atomic mass is 10.0. The predicted molar refractivity (Wildman–Crippen MR) is 84.2 cm³/mol. The fourth-order valence-corrected chi connectivity index (χ4v) is 2.91. The van der Waals surface area contributed by atoms with Crippen LogP contribution in [-0.4, -0.2) is 43.4 Å². The maximum absolute atomic E-state index is 12.5. The van der Waals surface area contributed by atoms with E-state index in [0.29, 0.717) is 30.9 Å². The van der Waals surface area contributed by atoms with Crippen LogP contribution in [0, 0.1) is 0 Å². The van der Waals surface area contributed by atoms with E-state index in [1.807, 2.05) is 43.9 Å². The molecule has 122 valence electrons. The SMILES string of the molecule is COc1ccc(CCC(=O)N2C(C)OCC2(C)C)cc1OC. The Morgan fingerprint density at radius 2 is 2.00 bits per heavy atom. The van der Waals surface area contributed by atoms with Gasteiger partial charge in [0.25, 0.3) is 0 Å². The van der Waals surface area contributed by atoms with E-state index < -0.39 is 0 Å². The van der Waals surface area contributed by atoms with Gasteiger partial charge in [-0.15, -0.1) is 0 Å². The third kappa shape index (κ3) is 3.35. The molecule has 0 aliphatic carbocycles. The van der Waals surface area contributed by atoms with Crippen molar-refractivity contribution >= 4 is 5.91 Å². The molecule has 5 heteroatoms. The number of aryl methyl sites for hydroxylation is 1. The molecule has 1 aliphatic heterocycles. The lowest BCUT2D eigenvalue weighted by molar-refractivity contribution is -0.139. The van der Waals surface area contributed by atoms with Crippen molar-refractivity contribution in [1.82, 2.24) is 4.90 Å². The first-order chi connectivity index (χ1) is 10.4. The Morgan fingerprint density at radius 1 is 1.32 bits per heavy atom. The predicted octanol–water partition coefficient (Wildman–Crippen LogP) is 2.62. The Balaban J connectivity index is 2.02. The summed E-state index contributed by atoms with van der Waals surface area (Å²) in [4.78, 5) is 14.4. The quantitative estimate of drug-likeness (QED) is 0.839. The van der Waals surface area contributed by atoms with Crippen LogP contribution in [0.3, 0.4) is 0 Å². The van der Waals surface area contributed by atoms with Gasteiger partial charge in [-0.2, -0.15) is 0 Å². The van der Waals surface area contributed by atoms with Crippen LogP contribution in [0.1, 0.15) is 32.8 Å². The Kier molecular flexibility index (Phi) is 4.96. The molecule has 1 atom stereocenters. The van der Waals surface area contributed by atoms with E-state index in [1.165, 1.54) is 0 Å². The monoisotopic (exact) mass is 307 g/mol. The molecule has 0 N–H and O–H groups in total. The van der Waals surface area contributed by atoms with Crippen LogP contribution in [-0.2, 0) is 16.0 Å². The minimum Gasteiger partial charge on any atom is -0.493 e. The van der Waals surface area contributed by atoms with Crippen molar-refractivity contribution in [2.75, 3.05) is 20.8 Å². The second-order valence-electron chi connectivity index (χ2n) is 6.18. The molecule has 0 radical (unpaired) electrons. The second kappa shape index (κ2) is 6.57. The van der Waals surface area contributed by atoms with Gasteiger partial charge in [0, 0.05) is 6.42 Å². The van der Waals surface area contributed by atoms with E-state index >= 15 is 0 Å².